The van der Waals surface area contributed by atoms with E-state index in [1.165, 1.54) is 11.1 Å². The molecule has 0 bridgehead atoms. The lowest BCUT2D eigenvalue weighted by Gasteiger charge is -2.32. The highest BCUT2D eigenvalue weighted by Crippen LogP contribution is 2.34. The molecule has 0 saturated carbocycles. The number of nitrogens with zero attached hydrogens (tertiary/aromatic N) is 5. The van der Waals surface area contributed by atoms with Crippen molar-refractivity contribution in [2.24, 2.45) is 0 Å². The van der Waals surface area contributed by atoms with E-state index in [2.05, 4.69) is 42.2 Å². The fourth-order valence-corrected chi connectivity index (χ4v) is 5.44. The number of benzene rings is 1. The van der Waals surface area contributed by atoms with Crippen LogP contribution in [0.3, 0.4) is 0 Å². The van der Waals surface area contributed by atoms with Gasteiger partial charge in [0.05, 0.1) is 12.6 Å². The number of aromatic nitrogens is 2. The Labute approximate surface area is 195 Å². The number of aryl methyl sites for hydroxylation is 1. The minimum Gasteiger partial charge on any atom is -0.356 e. The molecule has 0 spiro atoms. The number of amides is 2. The van der Waals surface area contributed by atoms with Gasteiger partial charge in [-0.1, -0.05) is 30.3 Å². The molecule has 3 aliphatic heterocycles. The van der Waals surface area contributed by atoms with Gasteiger partial charge in [0, 0.05) is 43.9 Å². The molecular formula is C26H33N5O2. The predicted molar refractivity (Wildman–Crippen MR) is 127 cm³/mol. The molecule has 1 aromatic carbocycles. The van der Waals surface area contributed by atoms with E-state index in [1.54, 1.807) is 4.90 Å². The van der Waals surface area contributed by atoms with Gasteiger partial charge < -0.3 is 14.7 Å². The number of hydrogen-bond acceptors (Lipinski definition) is 5. The molecule has 7 heteroatoms. The molecule has 7 nitrogen and oxygen atoms in total. The molecule has 2 aromatic rings. The Morgan fingerprint density at radius 2 is 1.79 bits per heavy atom. The summed E-state index contributed by atoms with van der Waals surface area (Å²) in [5.74, 6) is 1.92. The number of carbonyl (C=O) groups is 2. The van der Waals surface area contributed by atoms with Gasteiger partial charge in [0.2, 0.25) is 11.8 Å². The van der Waals surface area contributed by atoms with Crippen molar-refractivity contribution in [3.8, 4) is 0 Å². The van der Waals surface area contributed by atoms with Crippen molar-refractivity contribution in [3.05, 3.63) is 53.0 Å². The van der Waals surface area contributed by atoms with Gasteiger partial charge in [0.1, 0.15) is 5.82 Å². The monoisotopic (exact) mass is 447 g/mol. The first-order chi connectivity index (χ1) is 16.1. The van der Waals surface area contributed by atoms with Crippen molar-refractivity contribution >= 4 is 17.6 Å². The molecule has 1 aromatic heterocycles. The Morgan fingerprint density at radius 1 is 1.00 bits per heavy atom. The van der Waals surface area contributed by atoms with Crippen LogP contribution in [0.1, 0.15) is 60.8 Å². The second kappa shape index (κ2) is 9.49. The maximum absolute atomic E-state index is 13.1. The molecular weight excluding hydrogens is 414 g/mol. The van der Waals surface area contributed by atoms with Crippen LogP contribution in [-0.4, -0.2) is 64.3 Å². The summed E-state index contributed by atoms with van der Waals surface area (Å²) in [5, 5.41) is 0. The molecule has 2 fully saturated rings. The Hall–Kier alpha value is -2.96. The summed E-state index contributed by atoms with van der Waals surface area (Å²) >= 11 is 0. The lowest BCUT2D eigenvalue weighted by molar-refractivity contribution is -0.139. The molecule has 2 saturated heterocycles. The molecule has 0 aliphatic carbocycles. The van der Waals surface area contributed by atoms with Crippen LogP contribution in [-0.2, 0) is 22.4 Å². The number of anilines is 1. The van der Waals surface area contributed by atoms with Crippen LogP contribution in [0, 0.1) is 6.92 Å². The van der Waals surface area contributed by atoms with Crippen LogP contribution in [0.25, 0.3) is 0 Å². The van der Waals surface area contributed by atoms with Gasteiger partial charge in [0.25, 0.3) is 0 Å². The van der Waals surface area contributed by atoms with Crippen LogP contribution in [0.5, 0.6) is 0 Å². The summed E-state index contributed by atoms with van der Waals surface area (Å²) in [7, 11) is 0. The smallest absolute Gasteiger partial charge is 0.242 e. The van der Waals surface area contributed by atoms with Crippen molar-refractivity contribution in [2.75, 3.05) is 37.6 Å². The maximum Gasteiger partial charge on any atom is 0.242 e. The van der Waals surface area contributed by atoms with Crippen LogP contribution >= 0.6 is 0 Å². The largest absolute Gasteiger partial charge is 0.356 e. The molecule has 0 radical (unpaired) electrons. The average molecular weight is 448 g/mol. The van der Waals surface area contributed by atoms with Crippen LogP contribution in [0.4, 0.5) is 5.82 Å². The lowest BCUT2D eigenvalue weighted by atomic mass is 10.0. The number of rotatable bonds is 6. The Balaban J connectivity index is 1.35. The van der Waals surface area contributed by atoms with E-state index in [0.717, 1.165) is 69.0 Å². The van der Waals surface area contributed by atoms with Gasteiger partial charge in [-0.05, 0) is 51.0 Å². The highest BCUT2D eigenvalue weighted by Gasteiger charge is 2.35. The van der Waals surface area contributed by atoms with E-state index in [1.807, 2.05) is 4.90 Å². The third-order valence-electron chi connectivity index (χ3n) is 7.25. The third kappa shape index (κ3) is 4.59. The second-order valence-corrected chi connectivity index (χ2v) is 9.46. The summed E-state index contributed by atoms with van der Waals surface area (Å²) in [6, 6.07) is 10.5. The fourth-order valence-electron chi connectivity index (χ4n) is 5.44. The van der Waals surface area contributed by atoms with Crippen LogP contribution in [0.15, 0.2) is 30.3 Å². The second-order valence-electron chi connectivity index (χ2n) is 9.46. The van der Waals surface area contributed by atoms with Crippen molar-refractivity contribution < 1.29 is 9.59 Å². The minimum absolute atomic E-state index is 0.0210. The number of likely N-dealkylation sites (tertiary alicyclic amines) is 2. The van der Waals surface area contributed by atoms with E-state index in [0.29, 0.717) is 19.5 Å². The first kappa shape index (κ1) is 21.9. The molecule has 0 unspecified atom stereocenters. The van der Waals surface area contributed by atoms with Crippen molar-refractivity contribution in [1.29, 1.82) is 0 Å². The summed E-state index contributed by atoms with van der Waals surface area (Å²) < 4.78 is 0. The number of hydrogen-bond donors (Lipinski definition) is 0. The van der Waals surface area contributed by atoms with Crippen LogP contribution < -0.4 is 4.90 Å². The van der Waals surface area contributed by atoms with E-state index < -0.39 is 0 Å². The molecule has 174 valence electrons. The van der Waals surface area contributed by atoms with Gasteiger partial charge in [-0.15, -0.1) is 0 Å². The standard InChI is InChI=1S/C26H33N5O2/c1-19-21-10-5-14-29(17-13-20-8-3-2-4-9-20)26(21)28-25(27-19)22-11-6-16-31(22)24(33)18-30-15-7-12-23(30)32/h2-4,8-9,22H,5-7,10-18H2,1H3/t22-/m0/s1. The zero-order valence-electron chi connectivity index (χ0n) is 19.5. The molecule has 5 rings (SSSR count). The van der Waals surface area contributed by atoms with E-state index in [4.69, 9.17) is 9.97 Å². The normalized spacial score (nSPS) is 20.5. The van der Waals surface area contributed by atoms with Gasteiger partial charge in [-0.2, -0.15) is 0 Å². The first-order valence-electron chi connectivity index (χ1n) is 12.3. The quantitative estimate of drug-likeness (QED) is 0.681. The average Bonchev–Trinajstić information content (AvgIpc) is 3.48. The number of fused-ring (bicyclic) bond motifs is 1. The molecule has 2 amide bonds. The minimum atomic E-state index is -0.0999. The summed E-state index contributed by atoms with van der Waals surface area (Å²) in [4.78, 5) is 41.1. The molecule has 4 heterocycles. The molecule has 3 aliphatic rings. The zero-order chi connectivity index (χ0) is 22.8. The van der Waals surface area contributed by atoms with Crippen molar-refractivity contribution in [1.82, 2.24) is 19.8 Å². The SMILES string of the molecule is Cc1nc([C@@H]2CCCN2C(=O)CN2CCCC2=O)nc2c1CCCN2CCc1ccccc1. The maximum atomic E-state index is 13.1. The first-order valence-corrected chi connectivity index (χ1v) is 12.3. The van der Waals surface area contributed by atoms with Gasteiger partial charge >= 0.3 is 0 Å². The lowest BCUT2D eigenvalue weighted by Crippen LogP contribution is -2.41. The van der Waals surface area contributed by atoms with Gasteiger partial charge in [0.15, 0.2) is 5.82 Å². The zero-order valence-corrected chi connectivity index (χ0v) is 19.5. The van der Waals surface area contributed by atoms with E-state index in [-0.39, 0.29) is 24.4 Å². The topological polar surface area (TPSA) is 69.6 Å². The van der Waals surface area contributed by atoms with Gasteiger partial charge in [-0.3, -0.25) is 9.59 Å². The van der Waals surface area contributed by atoms with E-state index in [9.17, 15) is 9.59 Å². The summed E-state index contributed by atoms with van der Waals surface area (Å²) in [6.07, 6.45) is 6.33. The van der Waals surface area contributed by atoms with E-state index >= 15 is 0 Å². The molecule has 33 heavy (non-hydrogen) atoms. The Morgan fingerprint density at radius 3 is 2.58 bits per heavy atom. The third-order valence-corrected chi connectivity index (χ3v) is 7.25. The van der Waals surface area contributed by atoms with Gasteiger partial charge in [-0.25, -0.2) is 9.97 Å². The highest BCUT2D eigenvalue weighted by atomic mass is 16.2. The van der Waals surface area contributed by atoms with Crippen molar-refractivity contribution in [3.63, 3.8) is 0 Å². The molecule has 1 atom stereocenters. The summed E-state index contributed by atoms with van der Waals surface area (Å²) in [5.41, 5.74) is 3.62. The number of carbonyl (C=O) groups excluding carboxylic acids is 2. The molecule has 0 N–H and O–H groups in total. The predicted octanol–water partition coefficient (Wildman–Crippen LogP) is 3.07. The fraction of sp³-hybridized carbons (Fsp3) is 0.538. The van der Waals surface area contributed by atoms with Crippen LogP contribution in [0.2, 0.25) is 0 Å². The Kier molecular flexibility index (Phi) is 6.29. The highest BCUT2D eigenvalue weighted by molar-refractivity contribution is 5.86. The summed E-state index contributed by atoms with van der Waals surface area (Å²) in [6.45, 7) is 5.59. The Bertz CT molecular complexity index is 1020. The van der Waals surface area contributed by atoms with Crippen molar-refractivity contribution in [2.45, 2.75) is 57.9 Å².